The van der Waals surface area contributed by atoms with Crippen molar-refractivity contribution in [1.29, 1.82) is 0 Å². The first-order valence-electron chi connectivity index (χ1n) is 8.75. The quantitative estimate of drug-likeness (QED) is 0.643. The molecule has 0 saturated carbocycles. The van der Waals surface area contributed by atoms with Gasteiger partial charge in [-0.3, -0.25) is 0 Å². The number of hydrogen-bond acceptors (Lipinski definition) is 7. The van der Waals surface area contributed by atoms with Gasteiger partial charge in [-0.05, 0) is 24.3 Å². The second kappa shape index (κ2) is 8.01. The maximum atomic E-state index is 12.2. The highest BCUT2D eigenvalue weighted by atomic mass is 16.5. The van der Waals surface area contributed by atoms with Crippen molar-refractivity contribution >= 4 is 11.8 Å². The second-order valence-corrected chi connectivity index (χ2v) is 6.09. The Morgan fingerprint density at radius 2 is 1.93 bits per heavy atom. The standard InChI is InChI=1S/C20H19N3O4/c24-20(16-6-7-18(21-12-16)23-8-10-25-11-9-23)27-14-17-13-26-19(22-17)15-4-2-1-3-5-15/h1-7,12-13H,8-11,14H2. The molecule has 3 heterocycles. The van der Waals surface area contributed by atoms with E-state index in [1.807, 2.05) is 36.4 Å². The normalized spacial score (nSPS) is 14.1. The van der Waals surface area contributed by atoms with E-state index in [-0.39, 0.29) is 6.61 Å². The number of anilines is 1. The fourth-order valence-electron chi connectivity index (χ4n) is 2.80. The number of nitrogens with zero attached hydrogens (tertiary/aromatic N) is 3. The zero-order valence-corrected chi connectivity index (χ0v) is 14.7. The van der Waals surface area contributed by atoms with Gasteiger partial charge in [0.05, 0.1) is 18.8 Å². The summed E-state index contributed by atoms with van der Waals surface area (Å²) in [5, 5.41) is 0. The molecule has 1 aromatic carbocycles. The van der Waals surface area contributed by atoms with Crippen molar-refractivity contribution < 1.29 is 18.7 Å². The molecule has 0 N–H and O–H groups in total. The molecule has 1 aliphatic heterocycles. The summed E-state index contributed by atoms with van der Waals surface area (Å²) in [6.45, 7) is 3.02. The number of carbonyl (C=O) groups excluding carboxylic acids is 1. The lowest BCUT2D eigenvalue weighted by atomic mass is 10.2. The van der Waals surface area contributed by atoms with Gasteiger partial charge in [0.2, 0.25) is 5.89 Å². The minimum absolute atomic E-state index is 0.0420. The molecule has 0 spiro atoms. The lowest BCUT2D eigenvalue weighted by Crippen LogP contribution is -2.36. The van der Waals surface area contributed by atoms with Crippen molar-refractivity contribution in [3.05, 3.63) is 66.2 Å². The van der Waals surface area contributed by atoms with E-state index in [1.54, 1.807) is 6.07 Å². The van der Waals surface area contributed by atoms with Crippen LogP contribution in [0.4, 0.5) is 5.82 Å². The van der Waals surface area contributed by atoms with Crippen LogP contribution in [0.5, 0.6) is 0 Å². The number of benzene rings is 1. The number of ether oxygens (including phenoxy) is 2. The van der Waals surface area contributed by atoms with E-state index in [0.717, 1.165) is 24.5 Å². The Morgan fingerprint density at radius 1 is 1.11 bits per heavy atom. The van der Waals surface area contributed by atoms with Crippen LogP contribution in [-0.4, -0.2) is 42.2 Å². The first-order chi connectivity index (χ1) is 13.3. The minimum Gasteiger partial charge on any atom is -0.455 e. The van der Waals surface area contributed by atoms with E-state index in [1.165, 1.54) is 12.5 Å². The molecule has 1 fully saturated rings. The van der Waals surface area contributed by atoms with Crippen molar-refractivity contribution in [2.45, 2.75) is 6.61 Å². The molecule has 3 aromatic rings. The Morgan fingerprint density at radius 3 is 2.67 bits per heavy atom. The van der Waals surface area contributed by atoms with Crippen LogP contribution < -0.4 is 4.90 Å². The van der Waals surface area contributed by atoms with Crippen LogP contribution in [-0.2, 0) is 16.1 Å². The Hall–Kier alpha value is -3.19. The molecule has 0 unspecified atom stereocenters. The highest BCUT2D eigenvalue weighted by molar-refractivity contribution is 5.89. The van der Waals surface area contributed by atoms with E-state index in [9.17, 15) is 4.79 Å². The van der Waals surface area contributed by atoms with Crippen molar-refractivity contribution in [2.24, 2.45) is 0 Å². The summed E-state index contributed by atoms with van der Waals surface area (Å²) in [5.74, 6) is 0.886. The number of rotatable bonds is 5. The SMILES string of the molecule is O=C(OCc1coc(-c2ccccc2)n1)c1ccc(N2CCOCC2)nc1. The van der Waals surface area contributed by atoms with Crippen molar-refractivity contribution in [1.82, 2.24) is 9.97 Å². The highest BCUT2D eigenvalue weighted by Crippen LogP contribution is 2.19. The lowest BCUT2D eigenvalue weighted by molar-refractivity contribution is 0.0467. The number of aromatic nitrogens is 2. The van der Waals surface area contributed by atoms with Gasteiger partial charge in [-0.1, -0.05) is 18.2 Å². The molecular formula is C20H19N3O4. The molecule has 1 saturated heterocycles. The number of morpholine rings is 1. The molecule has 0 aliphatic carbocycles. The van der Waals surface area contributed by atoms with Gasteiger partial charge in [-0.2, -0.15) is 0 Å². The van der Waals surface area contributed by atoms with Crippen LogP contribution in [0.25, 0.3) is 11.5 Å². The average molecular weight is 365 g/mol. The Balaban J connectivity index is 1.35. The molecule has 27 heavy (non-hydrogen) atoms. The third-order valence-corrected chi connectivity index (χ3v) is 4.24. The zero-order valence-electron chi connectivity index (χ0n) is 14.7. The third kappa shape index (κ3) is 4.15. The fraction of sp³-hybridized carbons (Fsp3) is 0.250. The molecule has 7 nitrogen and oxygen atoms in total. The van der Waals surface area contributed by atoms with Crippen LogP contribution in [0.2, 0.25) is 0 Å². The molecule has 7 heteroatoms. The summed E-state index contributed by atoms with van der Waals surface area (Å²) in [4.78, 5) is 23.1. The van der Waals surface area contributed by atoms with Gasteiger partial charge in [0.25, 0.3) is 0 Å². The predicted molar refractivity (Wildman–Crippen MR) is 98.3 cm³/mol. The van der Waals surface area contributed by atoms with E-state index in [4.69, 9.17) is 13.9 Å². The number of hydrogen-bond donors (Lipinski definition) is 0. The largest absolute Gasteiger partial charge is 0.455 e. The number of oxazole rings is 1. The molecule has 0 radical (unpaired) electrons. The van der Waals surface area contributed by atoms with Crippen LogP contribution in [0, 0.1) is 0 Å². The monoisotopic (exact) mass is 365 g/mol. The molecular weight excluding hydrogens is 346 g/mol. The van der Waals surface area contributed by atoms with Gasteiger partial charge in [-0.15, -0.1) is 0 Å². The van der Waals surface area contributed by atoms with E-state index >= 15 is 0 Å². The van der Waals surface area contributed by atoms with Gasteiger partial charge in [0.1, 0.15) is 24.4 Å². The smallest absolute Gasteiger partial charge is 0.340 e. The Bertz CT molecular complexity index is 887. The molecule has 0 atom stereocenters. The van der Waals surface area contributed by atoms with Crippen LogP contribution in [0.1, 0.15) is 16.1 Å². The van der Waals surface area contributed by atoms with Gasteiger partial charge < -0.3 is 18.8 Å². The van der Waals surface area contributed by atoms with E-state index in [0.29, 0.717) is 30.4 Å². The van der Waals surface area contributed by atoms with Crippen LogP contribution in [0.15, 0.2) is 59.3 Å². The zero-order chi connectivity index (χ0) is 18.5. The molecule has 0 bridgehead atoms. The lowest BCUT2D eigenvalue weighted by Gasteiger charge is -2.27. The van der Waals surface area contributed by atoms with Crippen molar-refractivity contribution in [2.75, 3.05) is 31.2 Å². The fourth-order valence-corrected chi connectivity index (χ4v) is 2.80. The first-order valence-corrected chi connectivity index (χ1v) is 8.75. The maximum absolute atomic E-state index is 12.2. The van der Waals surface area contributed by atoms with Gasteiger partial charge in [-0.25, -0.2) is 14.8 Å². The number of pyridine rings is 1. The van der Waals surface area contributed by atoms with Gasteiger partial charge in [0, 0.05) is 24.8 Å². The minimum atomic E-state index is -0.444. The number of esters is 1. The second-order valence-electron chi connectivity index (χ2n) is 6.09. The van der Waals surface area contributed by atoms with E-state index < -0.39 is 5.97 Å². The summed E-state index contributed by atoms with van der Waals surface area (Å²) >= 11 is 0. The Labute approximate surface area is 156 Å². The molecule has 4 rings (SSSR count). The predicted octanol–water partition coefficient (Wildman–Crippen LogP) is 2.93. The summed E-state index contributed by atoms with van der Waals surface area (Å²) < 4.78 is 16.1. The van der Waals surface area contributed by atoms with Gasteiger partial charge >= 0.3 is 5.97 Å². The van der Waals surface area contributed by atoms with E-state index in [2.05, 4.69) is 14.9 Å². The van der Waals surface area contributed by atoms with Crippen LogP contribution in [0.3, 0.4) is 0 Å². The highest BCUT2D eigenvalue weighted by Gasteiger charge is 2.15. The van der Waals surface area contributed by atoms with Gasteiger partial charge in [0.15, 0.2) is 0 Å². The maximum Gasteiger partial charge on any atom is 0.340 e. The molecule has 0 amide bonds. The summed E-state index contributed by atoms with van der Waals surface area (Å²) in [7, 11) is 0. The third-order valence-electron chi connectivity index (χ3n) is 4.24. The van der Waals surface area contributed by atoms with Crippen molar-refractivity contribution in [3.63, 3.8) is 0 Å². The summed E-state index contributed by atoms with van der Waals surface area (Å²) in [6.07, 6.45) is 3.03. The molecule has 138 valence electrons. The first kappa shape index (κ1) is 17.2. The Kier molecular flexibility index (Phi) is 5.11. The summed E-state index contributed by atoms with van der Waals surface area (Å²) in [6, 6.07) is 13.1. The van der Waals surface area contributed by atoms with Crippen molar-refractivity contribution in [3.8, 4) is 11.5 Å². The molecule has 1 aliphatic rings. The topological polar surface area (TPSA) is 77.7 Å². The average Bonchev–Trinajstić information content (AvgIpc) is 3.22. The van der Waals surface area contributed by atoms with Crippen LogP contribution >= 0.6 is 0 Å². The summed E-state index contributed by atoms with van der Waals surface area (Å²) in [5.41, 5.74) is 1.83. The molecule has 2 aromatic heterocycles. The number of carbonyl (C=O) groups is 1.